The molecule has 3 aromatic carbocycles. The summed E-state index contributed by atoms with van der Waals surface area (Å²) < 4.78 is 28.4. The summed E-state index contributed by atoms with van der Waals surface area (Å²) in [6, 6.07) is 24.8. The lowest BCUT2D eigenvalue weighted by molar-refractivity contribution is -0.121. The van der Waals surface area contributed by atoms with Crippen LogP contribution in [0.3, 0.4) is 0 Å². The van der Waals surface area contributed by atoms with Gasteiger partial charge in [-0.1, -0.05) is 60.7 Å². The number of benzene rings is 3. The van der Waals surface area contributed by atoms with Crippen molar-refractivity contribution in [1.82, 2.24) is 4.31 Å². The van der Waals surface area contributed by atoms with Crippen molar-refractivity contribution >= 4 is 27.5 Å². The number of hydrogen-bond acceptors (Lipinski definition) is 4. The quantitative estimate of drug-likeness (QED) is 0.531. The second-order valence-corrected chi connectivity index (χ2v) is 9.30. The van der Waals surface area contributed by atoms with E-state index >= 15 is 0 Å². The highest BCUT2D eigenvalue weighted by molar-refractivity contribution is 7.89. The van der Waals surface area contributed by atoms with E-state index in [1.165, 1.54) is 28.6 Å². The van der Waals surface area contributed by atoms with Crippen molar-refractivity contribution in [3.8, 4) is 0 Å². The Morgan fingerprint density at radius 3 is 1.58 bits per heavy atom. The fraction of sp³-hybridized carbons (Fsp3) is 0.167. The Bertz CT molecular complexity index is 1120. The van der Waals surface area contributed by atoms with Gasteiger partial charge >= 0.3 is 0 Å². The lowest BCUT2D eigenvalue weighted by Gasteiger charge is -2.23. The van der Waals surface area contributed by atoms with Crippen LogP contribution in [0, 0.1) is 0 Å². The number of nitrogens with zero attached hydrogens (tertiary/aromatic N) is 2. The summed E-state index contributed by atoms with van der Waals surface area (Å²) in [5.74, 6) is -0.536. The van der Waals surface area contributed by atoms with Gasteiger partial charge in [-0.15, -0.1) is 0 Å². The van der Waals surface area contributed by atoms with E-state index in [2.05, 4.69) is 0 Å². The van der Waals surface area contributed by atoms with Crippen LogP contribution in [-0.4, -0.2) is 24.5 Å². The van der Waals surface area contributed by atoms with E-state index < -0.39 is 10.0 Å². The van der Waals surface area contributed by atoms with Gasteiger partial charge in [-0.05, 0) is 35.4 Å². The van der Waals surface area contributed by atoms with Crippen molar-refractivity contribution in [2.24, 2.45) is 0 Å². The van der Waals surface area contributed by atoms with Crippen LogP contribution in [0.5, 0.6) is 0 Å². The van der Waals surface area contributed by atoms with Gasteiger partial charge in [0.05, 0.1) is 10.6 Å². The van der Waals surface area contributed by atoms with Gasteiger partial charge in [0.15, 0.2) is 0 Å². The molecule has 0 radical (unpaired) electrons. The molecular weight excluding hydrogens is 412 g/mol. The number of amides is 2. The van der Waals surface area contributed by atoms with Crippen LogP contribution in [0.1, 0.15) is 24.0 Å². The third-order valence-corrected chi connectivity index (χ3v) is 6.99. The zero-order valence-electron chi connectivity index (χ0n) is 16.8. The molecule has 0 saturated carbocycles. The Balaban J connectivity index is 1.64. The van der Waals surface area contributed by atoms with Crippen molar-refractivity contribution in [3.05, 3.63) is 96.1 Å². The first-order chi connectivity index (χ1) is 14.9. The van der Waals surface area contributed by atoms with Crippen LogP contribution in [0.25, 0.3) is 0 Å². The lowest BCUT2D eigenvalue weighted by atomic mass is 10.2. The van der Waals surface area contributed by atoms with Crippen LogP contribution in [0.4, 0.5) is 5.69 Å². The molecule has 1 heterocycles. The van der Waals surface area contributed by atoms with Crippen LogP contribution in [0.2, 0.25) is 0 Å². The highest BCUT2D eigenvalue weighted by atomic mass is 32.2. The predicted octanol–water partition coefficient (Wildman–Crippen LogP) is 3.73. The molecule has 4 rings (SSSR count). The maximum atomic E-state index is 13.5. The summed E-state index contributed by atoms with van der Waals surface area (Å²) in [5.41, 5.74) is 2.16. The second-order valence-electron chi connectivity index (χ2n) is 7.36. The van der Waals surface area contributed by atoms with Crippen molar-refractivity contribution < 1.29 is 18.0 Å². The largest absolute Gasteiger partial charge is 0.274 e. The molecule has 0 aliphatic carbocycles. The SMILES string of the molecule is O=C1CCC(=O)N1c1ccc(S(=O)(=O)N(Cc2ccccc2)Cc2ccccc2)cc1. The monoisotopic (exact) mass is 434 g/mol. The van der Waals surface area contributed by atoms with Gasteiger partial charge in [0.2, 0.25) is 21.8 Å². The van der Waals surface area contributed by atoms with Crippen molar-refractivity contribution in [2.45, 2.75) is 30.8 Å². The Morgan fingerprint density at radius 2 is 1.13 bits per heavy atom. The zero-order chi connectivity index (χ0) is 21.8. The molecule has 2 amide bonds. The molecule has 3 aromatic rings. The molecule has 0 bridgehead atoms. The predicted molar refractivity (Wildman–Crippen MR) is 117 cm³/mol. The van der Waals surface area contributed by atoms with Crippen LogP contribution >= 0.6 is 0 Å². The molecule has 6 nitrogen and oxygen atoms in total. The summed E-state index contributed by atoms with van der Waals surface area (Å²) in [6.45, 7) is 0.450. The van der Waals surface area contributed by atoms with Crippen LogP contribution < -0.4 is 4.90 Å². The van der Waals surface area contributed by atoms with Crippen molar-refractivity contribution in [2.75, 3.05) is 4.90 Å². The van der Waals surface area contributed by atoms with Gasteiger partial charge in [-0.25, -0.2) is 8.42 Å². The first-order valence-corrected chi connectivity index (χ1v) is 11.4. The first kappa shape index (κ1) is 21.0. The molecule has 1 saturated heterocycles. The summed E-state index contributed by atoms with van der Waals surface area (Å²) in [7, 11) is -3.82. The molecule has 1 aliphatic rings. The van der Waals surface area contributed by atoms with E-state index in [-0.39, 0.29) is 42.6 Å². The fourth-order valence-electron chi connectivity index (χ4n) is 3.58. The summed E-state index contributed by atoms with van der Waals surface area (Å²) in [4.78, 5) is 25.1. The minimum absolute atomic E-state index is 0.113. The Labute approximate surface area is 181 Å². The van der Waals surface area contributed by atoms with Gasteiger partial charge < -0.3 is 0 Å². The molecule has 0 atom stereocenters. The number of sulfonamides is 1. The number of rotatable bonds is 7. The smallest absolute Gasteiger partial charge is 0.243 e. The van der Waals surface area contributed by atoms with E-state index in [1.54, 1.807) is 0 Å². The molecule has 7 heteroatoms. The fourth-order valence-corrected chi connectivity index (χ4v) is 5.00. The normalized spacial score (nSPS) is 14.4. The molecule has 0 N–H and O–H groups in total. The summed E-state index contributed by atoms with van der Waals surface area (Å²) >= 11 is 0. The highest BCUT2D eigenvalue weighted by Gasteiger charge is 2.31. The minimum atomic E-state index is -3.82. The van der Waals surface area contributed by atoms with Gasteiger partial charge in [0, 0.05) is 25.9 Å². The number of carbonyl (C=O) groups is 2. The van der Waals surface area contributed by atoms with Gasteiger partial charge in [0.25, 0.3) is 0 Å². The molecule has 158 valence electrons. The molecule has 0 unspecified atom stereocenters. The van der Waals surface area contributed by atoms with E-state index in [0.29, 0.717) is 5.69 Å². The standard InChI is InChI=1S/C24H22N2O4S/c27-23-15-16-24(28)26(23)21-11-13-22(14-12-21)31(29,30)25(17-19-7-3-1-4-8-19)18-20-9-5-2-6-10-20/h1-14H,15-18H2. The van der Waals surface area contributed by atoms with Crippen LogP contribution in [0.15, 0.2) is 89.8 Å². The van der Waals surface area contributed by atoms with E-state index in [4.69, 9.17) is 0 Å². The van der Waals surface area contributed by atoms with Crippen molar-refractivity contribution in [3.63, 3.8) is 0 Å². The van der Waals surface area contributed by atoms with E-state index in [9.17, 15) is 18.0 Å². The maximum absolute atomic E-state index is 13.5. The van der Waals surface area contributed by atoms with Crippen LogP contribution in [-0.2, 0) is 32.7 Å². The average Bonchev–Trinajstić information content (AvgIpc) is 3.13. The maximum Gasteiger partial charge on any atom is 0.243 e. The van der Waals surface area contributed by atoms with Crippen molar-refractivity contribution in [1.29, 1.82) is 0 Å². The molecule has 0 spiro atoms. The minimum Gasteiger partial charge on any atom is -0.274 e. The Morgan fingerprint density at radius 1 is 0.677 bits per heavy atom. The number of carbonyl (C=O) groups excluding carboxylic acids is 2. The highest BCUT2D eigenvalue weighted by Crippen LogP contribution is 2.26. The average molecular weight is 435 g/mol. The third kappa shape index (κ3) is 4.57. The second kappa shape index (κ2) is 8.83. The third-order valence-electron chi connectivity index (χ3n) is 5.19. The number of anilines is 1. The van der Waals surface area contributed by atoms with E-state index in [0.717, 1.165) is 16.0 Å². The van der Waals surface area contributed by atoms with Gasteiger partial charge in [-0.2, -0.15) is 4.31 Å². The summed E-state index contributed by atoms with van der Waals surface area (Å²) in [6.07, 6.45) is 0.363. The first-order valence-electron chi connectivity index (χ1n) is 9.99. The topological polar surface area (TPSA) is 74.8 Å². The van der Waals surface area contributed by atoms with Gasteiger partial charge in [0.1, 0.15) is 0 Å². The number of imide groups is 1. The Kier molecular flexibility index (Phi) is 5.97. The number of hydrogen-bond donors (Lipinski definition) is 0. The zero-order valence-corrected chi connectivity index (χ0v) is 17.7. The Hall–Kier alpha value is -3.29. The molecule has 1 aliphatic heterocycles. The lowest BCUT2D eigenvalue weighted by Crippen LogP contribution is -2.31. The molecule has 0 aromatic heterocycles. The summed E-state index contributed by atoms with van der Waals surface area (Å²) in [5, 5.41) is 0. The van der Waals surface area contributed by atoms with Gasteiger partial charge in [-0.3, -0.25) is 14.5 Å². The molecule has 31 heavy (non-hydrogen) atoms. The van der Waals surface area contributed by atoms with E-state index in [1.807, 2.05) is 60.7 Å². The molecular formula is C24H22N2O4S. The molecule has 1 fully saturated rings.